The number of hydrogen-bond acceptors (Lipinski definition) is 3. The number of rotatable bonds is 6. The lowest BCUT2D eigenvalue weighted by atomic mass is 9.83. The zero-order valence-corrected chi connectivity index (χ0v) is 12.2. The van der Waals surface area contributed by atoms with Gasteiger partial charge in [0.15, 0.2) is 0 Å². The van der Waals surface area contributed by atoms with Crippen LogP contribution in [0.2, 0.25) is 0 Å². The molecule has 1 aromatic carbocycles. The molecule has 4 unspecified atom stereocenters. The van der Waals surface area contributed by atoms with Crippen molar-refractivity contribution in [2.45, 2.75) is 38.2 Å². The summed E-state index contributed by atoms with van der Waals surface area (Å²) in [6.45, 7) is 3.15. The van der Waals surface area contributed by atoms with Crippen LogP contribution in [0.15, 0.2) is 24.3 Å². The molecule has 0 heterocycles. The highest BCUT2D eigenvalue weighted by atomic mass is 16.5. The van der Waals surface area contributed by atoms with Gasteiger partial charge in [-0.2, -0.15) is 0 Å². The monoisotopic (exact) mass is 275 g/mol. The van der Waals surface area contributed by atoms with Crippen LogP contribution in [-0.4, -0.2) is 24.4 Å². The van der Waals surface area contributed by atoms with Gasteiger partial charge in [0.2, 0.25) is 0 Å². The Labute approximate surface area is 121 Å². The van der Waals surface area contributed by atoms with E-state index in [1.54, 1.807) is 0 Å². The van der Waals surface area contributed by atoms with Crippen LogP contribution in [0, 0.1) is 17.8 Å². The minimum absolute atomic E-state index is 0.0492. The highest BCUT2D eigenvalue weighted by Gasteiger charge is 2.48. The molecular formula is C17H25NO2. The summed E-state index contributed by atoms with van der Waals surface area (Å²) in [5.74, 6) is 3.16. The Bertz CT molecular complexity index is 435. The van der Waals surface area contributed by atoms with E-state index in [1.807, 2.05) is 31.2 Å². The van der Waals surface area contributed by atoms with E-state index in [0.29, 0.717) is 19.1 Å². The second kappa shape index (κ2) is 5.74. The van der Waals surface area contributed by atoms with Gasteiger partial charge in [-0.1, -0.05) is 12.1 Å². The molecular weight excluding hydrogens is 250 g/mol. The summed E-state index contributed by atoms with van der Waals surface area (Å²) in [5.41, 5.74) is 7.05. The SMILES string of the molecule is CCOc1ccc(C(CN)C(O)C2CC3CC3C2)cc1. The van der Waals surface area contributed by atoms with Crippen molar-refractivity contribution in [3.63, 3.8) is 0 Å². The van der Waals surface area contributed by atoms with Crippen LogP contribution in [0.25, 0.3) is 0 Å². The minimum Gasteiger partial charge on any atom is -0.494 e. The molecule has 3 rings (SSSR count). The summed E-state index contributed by atoms with van der Waals surface area (Å²) in [4.78, 5) is 0. The van der Waals surface area contributed by atoms with Gasteiger partial charge >= 0.3 is 0 Å². The molecule has 2 aliphatic carbocycles. The quantitative estimate of drug-likeness (QED) is 0.839. The molecule has 1 aromatic rings. The van der Waals surface area contributed by atoms with E-state index < -0.39 is 0 Å². The first kappa shape index (κ1) is 13.9. The van der Waals surface area contributed by atoms with Crippen molar-refractivity contribution in [2.24, 2.45) is 23.5 Å². The van der Waals surface area contributed by atoms with Gasteiger partial charge in [-0.3, -0.25) is 0 Å². The van der Waals surface area contributed by atoms with Crippen LogP contribution < -0.4 is 10.5 Å². The molecule has 20 heavy (non-hydrogen) atoms. The first-order valence-electron chi connectivity index (χ1n) is 7.83. The van der Waals surface area contributed by atoms with E-state index >= 15 is 0 Å². The molecule has 110 valence electrons. The van der Waals surface area contributed by atoms with Gasteiger partial charge in [-0.25, -0.2) is 0 Å². The molecule has 2 fully saturated rings. The van der Waals surface area contributed by atoms with Crippen molar-refractivity contribution in [1.29, 1.82) is 0 Å². The molecule has 0 amide bonds. The lowest BCUT2D eigenvalue weighted by Gasteiger charge is -2.28. The predicted molar refractivity (Wildman–Crippen MR) is 79.7 cm³/mol. The molecule has 3 heteroatoms. The zero-order chi connectivity index (χ0) is 14.1. The van der Waals surface area contributed by atoms with Crippen LogP contribution in [-0.2, 0) is 0 Å². The van der Waals surface area contributed by atoms with Crippen molar-refractivity contribution in [3.8, 4) is 5.75 Å². The van der Waals surface area contributed by atoms with E-state index in [2.05, 4.69) is 0 Å². The van der Waals surface area contributed by atoms with Crippen molar-refractivity contribution < 1.29 is 9.84 Å². The average molecular weight is 275 g/mol. The molecule has 0 aromatic heterocycles. The summed E-state index contributed by atoms with van der Waals surface area (Å²) in [7, 11) is 0. The number of benzene rings is 1. The number of aliphatic hydroxyl groups is 1. The fourth-order valence-electron chi connectivity index (χ4n) is 3.82. The highest BCUT2D eigenvalue weighted by molar-refractivity contribution is 5.30. The summed E-state index contributed by atoms with van der Waals surface area (Å²) >= 11 is 0. The summed E-state index contributed by atoms with van der Waals surface area (Å²) in [6, 6.07) is 8.03. The Kier molecular flexibility index (Phi) is 3.99. The molecule has 2 aliphatic rings. The molecule has 4 atom stereocenters. The van der Waals surface area contributed by atoms with E-state index in [0.717, 1.165) is 23.1 Å². The lowest BCUT2D eigenvalue weighted by Crippen LogP contribution is -2.32. The van der Waals surface area contributed by atoms with Crippen molar-refractivity contribution in [2.75, 3.05) is 13.2 Å². The second-order valence-corrected chi connectivity index (χ2v) is 6.32. The van der Waals surface area contributed by atoms with Crippen LogP contribution in [0.4, 0.5) is 0 Å². The molecule has 3 N–H and O–H groups in total. The Morgan fingerprint density at radius 1 is 1.20 bits per heavy atom. The number of hydrogen-bond donors (Lipinski definition) is 2. The Morgan fingerprint density at radius 2 is 1.85 bits per heavy atom. The zero-order valence-electron chi connectivity index (χ0n) is 12.2. The topological polar surface area (TPSA) is 55.5 Å². The number of ether oxygens (including phenoxy) is 1. The highest BCUT2D eigenvalue weighted by Crippen LogP contribution is 2.56. The maximum atomic E-state index is 10.7. The van der Waals surface area contributed by atoms with Gasteiger partial charge in [0.25, 0.3) is 0 Å². The van der Waals surface area contributed by atoms with Crippen LogP contribution >= 0.6 is 0 Å². The Morgan fingerprint density at radius 3 is 2.40 bits per heavy atom. The number of fused-ring (bicyclic) bond motifs is 1. The van der Waals surface area contributed by atoms with Gasteiger partial charge in [-0.15, -0.1) is 0 Å². The predicted octanol–water partition coefficient (Wildman–Crippen LogP) is 2.53. The summed E-state index contributed by atoms with van der Waals surface area (Å²) < 4.78 is 5.46. The standard InChI is InChI=1S/C17H25NO2/c1-2-20-15-5-3-11(4-6-15)16(10-18)17(19)14-8-12-7-13(12)9-14/h3-6,12-14,16-17,19H,2,7-10,18H2,1H3. The molecule has 3 nitrogen and oxygen atoms in total. The van der Waals surface area contributed by atoms with Crippen molar-refractivity contribution in [3.05, 3.63) is 29.8 Å². The normalized spacial score (nSPS) is 30.6. The fraction of sp³-hybridized carbons (Fsp3) is 0.647. The first-order valence-corrected chi connectivity index (χ1v) is 7.83. The van der Waals surface area contributed by atoms with E-state index in [1.165, 1.54) is 19.3 Å². The van der Waals surface area contributed by atoms with E-state index in [9.17, 15) is 5.11 Å². The number of nitrogens with two attached hydrogens (primary N) is 1. The van der Waals surface area contributed by atoms with Crippen LogP contribution in [0.1, 0.15) is 37.7 Å². The fourth-order valence-corrected chi connectivity index (χ4v) is 3.82. The molecule has 0 bridgehead atoms. The van der Waals surface area contributed by atoms with Gasteiger partial charge in [0.1, 0.15) is 5.75 Å². The maximum Gasteiger partial charge on any atom is 0.119 e. The lowest BCUT2D eigenvalue weighted by molar-refractivity contribution is 0.0790. The van der Waals surface area contributed by atoms with Gasteiger partial charge < -0.3 is 15.6 Å². The number of aliphatic hydroxyl groups excluding tert-OH is 1. The molecule has 0 radical (unpaired) electrons. The Hall–Kier alpha value is -1.06. The van der Waals surface area contributed by atoms with Gasteiger partial charge in [-0.05, 0) is 61.6 Å². The third-order valence-corrected chi connectivity index (χ3v) is 5.05. The third-order valence-electron chi connectivity index (χ3n) is 5.05. The van der Waals surface area contributed by atoms with Gasteiger partial charge in [0, 0.05) is 12.5 Å². The molecule has 0 aliphatic heterocycles. The average Bonchev–Trinajstić information content (AvgIpc) is 3.08. The Balaban J connectivity index is 1.68. The van der Waals surface area contributed by atoms with E-state index in [4.69, 9.17) is 10.5 Å². The molecule has 2 saturated carbocycles. The second-order valence-electron chi connectivity index (χ2n) is 6.32. The first-order chi connectivity index (χ1) is 9.72. The smallest absolute Gasteiger partial charge is 0.119 e. The summed E-state index contributed by atoms with van der Waals surface area (Å²) in [6.07, 6.45) is 3.48. The van der Waals surface area contributed by atoms with Crippen molar-refractivity contribution in [1.82, 2.24) is 0 Å². The van der Waals surface area contributed by atoms with Crippen LogP contribution in [0.3, 0.4) is 0 Å². The molecule has 0 spiro atoms. The van der Waals surface area contributed by atoms with Crippen molar-refractivity contribution >= 4 is 0 Å². The van der Waals surface area contributed by atoms with Gasteiger partial charge in [0.05, 0.1) is 12.7 Å². The minimum atomic E-state index is -0.300. The maximum absolute atomic E-state index is 10.7. The summed E-state index contributed by atoms with van der Waals surface area (Å²) in [5, 5.41) is 10.7. The van der Waals surface area contributed by atoms with E-state index in [-0.39, 0.29) is 12.0 Å². The largest absolute Gasteiger partial charge is 0.494 e. The third kappa shape index (κ3) is 2.70. The van der Waals surface area contributed by atoms with Crippen LogP contribution in [0.5, 0.6) is 5.75 Å². The molecule has 0 saturated heterocycles.